The maximum Gasteiger partial charge on any atom is 0.328 e. The zero-order chi connectivity index (χ0) is 29.9. The van der Waals surface area contributed by atoms with E-state index in [-0.39, 0.29) is 18.6 Å². The van der Waals surface area contributed by atoms with Crippen LogP contribution < -0.4 is 21.7 Å². The number of aliphatic carboxylic acids is 1. The van der Waals surface area contributed by atoms with Gasteiger partial charge in [-0.15, -0.1) is 0 Å². The van der Waals surface area contributed by atoms with Gasteiger partial charge in [-0.05, 0) is 47.8 Å². The summed E-state index contributed by atoms with van der Waals surface area (Å²) in [5.74, 6) is -2.84. The van der Waals surface area contributed by atoms with Gasteiger partial charge in [-0.2, -0.15) is 11.8 Å². The van der Waals surface area contributed by atoms with Crippen LogP contribution >= 0.6 is 11.8 Å². The second-order valence-electron chi connectivity index (χ2n) is 9.53. The number of aromatic amines is 1. The highest BCUT2D eigenvalue weighted by Gasteiger charge is 2.31. The molecule has 2 aromatic carbocycles. The molecule has 41 heavy (non-hydrogen) atoms. The van der Waals surface area contributed by atoms with Gasteiger partial charge >= 0.3 is 5.97 Å². The molecular weight excluding hydrogens is 550 g/mol. The van der Waals surface area contributed by atoms with Crippen LogP contribution in [0.1, 0.15) is 17.5 Å². The summed E-state index contributed by atoms with van der Waals surface area (Å²) in [5, 5.41) is 36.7. The van der Waals surface area contributed by atoms with E-state index in [1.165, 1.54) is 23.9 Å². The van der Waals surface area contributed by atoms with Crippen molar-refractivity contribution in [2.45, 2.75) is 43.4 Å². The van der Waals surface area contributed by atoms with Crippen molar-refractivity contribution in [1.82, 2.24) is 20.9 Å². The van der Waals surface area contributed by atoms with Gasteiger partial charge in [0, 0.05) is 29.9 Å². The van der Waals surface area contributed by atoms with Crippen LogP contribution in [-0.4, -0.2) is 86.8 Å². The molecule has 3 amide bonds. The third-order valence-corrected chi connectivity index (χ3v) is 7.15. The number of phenolic OH excluding ortho intramolecular Hbond substituents is 1. The average Bonchev–Trinajstić information content (AvgIpc) is 3.37. The van der Waals surface area contributed by atoms with Crippen LogP contribution in [0.5, 0.6) is 5.75 Å². The van der Waals surface area contributed by atoms with Gasteiger partial charge in [0.1, 0.15) is 23.9 Å². The first-order chi connectivity index (χ1) is 19.6. The van der Waals surface area contributed by atoms with Crippen molar-refractivity contribution in [1.29, 1.82) is 0 Å². The Hall–Kier alpha value is -4.07. The minimum absolute atomic E-state index is 0.00401. The first-order valence-electron chi connectivity index (χ1n) is 12.9. The van der Waals surface area contributed by atoms with Gasteiger partial charge in [-0.3, -0.25) is 14.4 Å². The van der Waals surface area contributed by atoms with E-state index in [0.29, 0.717) is 17.7 Å². The Balaban J connectivity index is 1.88. The van der Waals surface area contributed by atoms with Crippen LogP contribution in [-0.2, 0) is 32.0 Å². The summed E-state index contributed by atoms with van der Waals surface area (Å²) in [6.07, 6.45) is 4.06. The maximum atomic E-state index is 13.7. The highest BCUT2D eigenvalue weighted by Crippen LogP contribution is 2.19. The Morgan fingerprint density at radius 3 is 2.15 bits per heavy atom. The second-order valence-corrected chi connectivity index (χ2v) is 10.5. The number of fused-ring (bicyclic) bond motifs is 1. The Kier molecular flexibility index (Phi) is 11.6. The third kappa shape index (κ3) is 8.96. The summed E-state index contributed by atoms with van der Waals surface area (Å²) in [4.78, 5) is 54.3. The molecule has 0 saturated heterocycles. The number of amides is 3. The molecule has 0 fully saturated rings. The van der Waals surface area contributed by atoms with Crippen molar-refractivity contribution >= 4 is 46.4 Å². The molecule has 3 aromatic rings. The minimum atomic E-state index is -1.59. The number of aromatic nitrogens is 1. The number of phenols is 1. The number of hydrogen-bond donors (Lipinski definition) is 8. The summed E-state index contributed by atoms with van der Waals surface area (Å²) in [5.41, 5.74) is 8.22. The molecule has 0 aliphatic carbocycles. The van der Waals surface area contributed by atoms with E-state index >= 15 is 0 Å². The molecule has 9 N–H and O–H groups in total. The van der Waals surface area contributed by atoms with Crippen LogP contribution in [0.15, 0.2) is 54.7 Å². The summed E-state index contributed by atoms with van der Waals surface area (Å²) >= 11 is 1.54. The Morgan fingerprint density at radius 1 is 0.902 bits per heavy atom. The van der Waals surface area contributed by atoms with E-state index in [0.717, 1.165) is 16.5 Å². The van der Waals surface area contributed by atoms with Gasteiger partial charge in [-0.25, -0.2) is 4.79 Å². The molecule has 0 bridgehead atoms. The van der Waals surface area contributed by atoms with Crippen molar-refractivity contribution in [3.05, 3.63) is 65.9 Å². The average molecular weight is 586 g/mol. The number of aromatic hydroxyl groups is 1. The van der Waals surface area contributed by atoms with Crippen LogP contribution in [0.4, 0.5) is 0 Å². The first-order valence-corrected chi connectivity index (χ1v) is 14.3. The molecule has 0 aliphatic rings. The maximum absolute atomic E-state index is 13.7. The Labute approximate surface area is 241 Å². The highest BCUT2D eigenvalue weighted by molar-refractivity contribution is 7.98. The Morgan fingerprint density at radius 2 is 1.51 bits per heavy atom. The number of rotatable bonds is 15. The predicted octanol–water partition coefficient (Wildman–Crippen LogP) is 0.270. The highest BCUT2D eigenvalue weighted by atomic mass is 32.2. The van der Waals surface area contributed by atoms with Crippen molar-refractivity contribution in [2.24, 2.45) is 5.73 Å². The van der Waals surface area contributed by atoms with Crippen LogP contribution in [0.3, 0.4) is 0 Å². The monoisotopic (exact) mass is 585 g/mol. The molecule has 0 aliphatic heterocycles. The normalized spacial score (nSPS) is 14.0. The van der Waals surface area contributed by atoms with Crippen LogP contribution in [0.25, 0.3) is 10.9 Å². The number of H-pyrrole nitrogens is 1. The number of aliphatic hydroxyl groups excluding tert-OH is 1. The first kappa shape index (κ1) is 31.5. The largest absolute Gasteiger partial charge is 0.508 e. The number of carboxylic acids is 1. The number of thioether (sulfide) groups is 1. The van der Waals surface area contributed by atoms with E-state index < -0.39 is 54.5 Å². The molecule has 1 heterocycles. The van der Waals surface area contributed by atoms with Crippen LogP contribution in [0.2, 0.25) is 0 Å². The quantitative estimate of drug-likeness (QED) is 0.123. The lowest BCUT2D eigenvalue weighted by Crippen LogP contribution is -2.58. The zero-order valence-electron chi connectivity index (χ0n) is 22.5. The minimum Gasteiger partial charge on any atom is -0.508 e. The number of benzene rings is 2. The van der Waals surface area contributed by atoms with E-state index in [1.54, 1.807) is 18.3 Å². The molecule has 0 saturated carbocycles. The van der Waals surface area contributed by atoms with Gasteiger partial charge in [-0.1, -0.05) is 30.3 Å². The lowest BCUT2D eigenvalue weighted by atomic mass is 10.0. The molecule has 0 spiro atoms. The number of para-hydroxylation sites is 1. The number of nitrogens with one attached hydrogen (secondary N) is 4. The molecule has 13 heteroatoms. The third-order valence-electron chi connectivity index (χ3n) is 6.51. The summed E-state index contributed by atoms with van der Waals surface area (Å²) < 4.78 is 0. The molecule has 3 rings (SSSR count). The zero-order valence-corrected chi connectivity index (χ0v) is 23.3. The van der Waals surface area contributed by atoms with Gasteiger partial charge in [0.05, 0.1) is 12.6 Å². The summed E-state index contributed by atoms with van der Waals surface area (Å²) in [7, 11) is 0. The van der Waals surface area contributed by atoms with Crippen molar-refractivity contribution in [2.75, 3.05) is 18.6 Å². The van der Waals surface area contributed by atoms with Gasteiger partial charge < -0.3 is 42.0 Å². The van der Waals surface area contributed by atoms with Gasteiger partial charge in [0.2, 0.25) is 17.7 Å². The number of nitrogens with two attached hydrogens (primary N) is 1. The van der Waals surface area contributed by atoms with E-state index in [1.807, 2.05) is 30.5 Å². The summed E-state index contributed by atoms with van der Waals surface area (Å²) in [6.45, 7) is -0.853. The Bertz CT molecular complexity index is 1350. The summed E-state index contributed by atoms with van der Waals surface area (Å²) in [6, 6.07) is 8.58. The molecule has 12 nitrogen and oxygen atoms in total. The number of carbonyl (C=O) groups excluding carboxylic acids is 3. The fourth-order valence-corrected chi connectivity index (χ4v) is 4.68. The van der Waals surface area contributed by atoms with Crippen molar-refractivity contribution in [3.8, 4) is 5.75 Å². The van der Waals surface area contributed by atoms with E-state index in [2.05, 4.69) is 20.9 Å². The van der Waals surface area contributed by atoms with Gasteiger partial charge in [0.25, 0.3) is 0 Å². The smallest absolute Gasteiger partial charge is 0.328 e. The SMILES string of the molecule is CSCCC(N)C(=O)NC(Cc1c[nH]c2ccccc12)C(=O)NC(Cc1ccc(O)cc1)C(=O)NC(CO)C(=O)O. The molecule has 1 aromatic heterocycles. The number of carboxylic acid groups (broad SMARTS) is 1. The van der Waals surface area contributed by atoms with E-state index in [9.17, 15) is 34.5 Å². The second kappa shape index (κ2) is 15.1. The fraction of sp³-hybridized carbons (Fsp3) is 0.357. The van der Waals surface area contributed by atoms with Crippen molar-refractivity contribution < 1.29 is 34.5 Å². The molecule has 4 atom stereocenters. The lowest BCUT2D eigenvalue weighted by molar-refractivity contribution is -0.143. The topological polar surface area (TPSA) is 207 Å². The standard InChI is InChI=1S/C28H35N5O7S/c1-41-11-10-20(29)25(36)31-23(13-17-14-30-21-5-3-2-4-19(17)21)27(38)32-22(12-16-6-8-18(35)9-7-16)26(37)33-24(15-34)28(39)40/h2-9,14,20,22-24,30,34-35H,10-13,15,29H2,1H3,(H,31,36)(H,32,38)(H,33,37)(H,39,40). The number of hydrogen-bond acceptors (Lipinski definition) is 8. The predicted molar refractivity (Wildman–Crippen MR) is 155 cm³/mol. The molecule has 0 radical (unpaired) electrons. The van der Waals surface area contributed by atoms with Gasteiger partial charge in [0.15, 0.2) is 0 Å². The fourth-order valence-electron chi connectivity index (χ4n) is 4.19. The molecule has 220 valence electrons. The molecule has 4 unspecified atom stereocenters. The molecular formula is C28H35N5O7S. The lowest BCUT2D eigenvalue weighted by Gasteiger charge is -2.25. The van der Waals surface area contributed by atoms with E-state index in [4.69, 9.17) is 5.73 Å². The number of carbonyl (C=O) groups is 4. The number of aliphatic hydroxyl groups is 1. The van der Waals surface area contributed by atoms with Crippen molar-refractivity contribution in [3.63, 3.8) is 0 Å². The van der Waals surface area contributed by atoms with Crippen LogP contribution in [0, 0.1) is 0 Å².